The molecule has 1 heterocycles. The van der Waals surface area contributed by atoms with Crippen LogP contribution in [0.2, 0.25) is 0 Å². The molecule has 0 saturated carbocycles. The van der Waals surface area contributed by atoms with Gasteiger partial charge in [0.15, 0.2) is 5.69 Å². The Morgan fingerprint density at radius 1 is 1.43 bits per heavy atom. The highest BCUT2D eigenvalue weighted by atomic mass is 35.5. The molecule has 2 aromatic rings. The zero-order valence-electron chi connectivity index (χ0n) is 11.9. The summed E-state index contributed by atoms with van der Waals surface area (Å²) in [4.78, 5) is 16.8. The highest BCUT2D eigenvalue weighted by Crippen LogP contribution is 2.32. The number of hydrogen-bond donors (Lipinski definition) is 0. The third-order valence-electron chi connectivity index (χ3n) is 2.76. The molecule has 0 aliphatic heterocycles. The summed E-state index contributed by atoms with van der Waals surface area (Å²) in [5.74, 6) is 0.891. The van der Waals surface area contributed by atoms with Crippen LogP contribution in [0.15, 0.2) is 24.3 Å². The zero-order chi connectivity index (χ0) is 15.2. The molecule has 0 radical (unpaired) electrons. The van der Waals surface area contributed by atoms with E-state index in [-0.39, 0.29) is 0 Å². The number of benzene rings is 1. The van der Waals surface area contributed by atoms with Crippen LogP contribution in [-0.2, 0) is 4.74 Å². The first-order valence-electron chi connectivity index (χ1n) is 6.50. The molecule has 2 rings (SSSR count). The summed E-state index contributed by atoms with van der Waals surface area (Å²) in [6.07, 6.45) is 0.791. The molecule has 6 heteroatoms. The second-order valence-corrected chi connectivity index (χ2v) is 5.90. The monoisotopic (exact) mass is 325 g/mol. The van der Waals surface area contributed by atoms with Crippen LogP contribution in [0.1, 0.15) is 21.9 Å². The second-order valence-electron chi connectivity index (χ2n) is 4.32. The number of esters is 1. The number of aromatic nitrogens is 1. The predicted molar refractivity (Wildman–Crippen MR) is 84.5 cm³/mol. The normalized spacial score (nSPS) is 10.4. The van der Waals surface area contributed by atoms with Crippen molar-refractivity contribution in [3.05, 3.63) is 35.0 Å². The molecule has 1 aromatic carbocycles. The summed E-state index contributed by atoms with van der Waals surface area (Å²) in [5.41, 5.74) is 1.24. The topological polar surface area (TPSA) is 48.4 Å². The maximum atomic E-state index is 11.8. The van der Waals surface area contributed by atoms with Gasteiger partial charge in [0.2, 0.25) is 0 Å². The van der Waals surface area contributed by atoms with Gasteiger partial charge >= 0.3 is 5.97 Å². The van der Waals surface area contributed by atoms with Gasteiger partial charge < -0.3 is 9.47 Å². The Hall–Kier alpha value is -1.59. The summed E-state index contributed by atoms with van der Waals surface area (Å²) in [6, 6.07) is 7.59. The van der Waals surface area contributed by atoms with Crippen LogP contribution in [0, 0.1) is 6.92 Å². The number of ether oxygens (including phenoxy) is 2. The van der Waals surface area contributed by atoms with Crippen LogP contribution in [0.4, 0.5) is 0 Å². The van der Waals surface area contributed by atoms with Crippen molar-refractivity contribution in [2.45, 2.75) is 13.3 Å². The van der Waals surface area contributed by atoms with Gasteiger partial charge in [-0.25, -0.2) is 9.78 Å². The van der Waals surface area contributed by atoms with Crippen LogP contribution in [-0.4, -0.2) is 30.5 Å². The van der Waals surface area contributed by atoms with Crippen molar-refractivity contribution in [2.75, 3.05) is 19.6 Å². The first kappa shape index (κ1) is 15.8. The van der Waals surface area contributed by atoms with Crippen LogP contribution in [0.3, 0.4) is 0 Å². The molecule has 1 aromatic heterocycles. The number of halogens is 1. The molecule has 0 aliphatic carbocycles. The van der Waals surface area contributed by atoms with E-state index in [1.165, 1.54) is 18.4 Å². The molecule has 21 heavy (non-hydrogen) atoms. The lowest BCUT2D eigenvalue weighted by molar-refractivity contribution is 0.0595. The van der Waals surface area contributed by atoms with Crippen molar-refractivity contribution < 1.29 is 14.3 Å². The number of nitrogens with zero attached hydrogens (tertiary/aromatic N) is 1. The minimum Gasteiger partial charge on any atom is -0.494 e. The minimum absolute atomic E-state index is 0.345. The summed E-state index contributed by atoms with van der Waals surface area (Å²) >= 11 is 7.09. The van der Waals surface area contributed by atoms with Crippen LogP contribution >= 0.6 is 22.9 Å². The first-order chi connectivity index (χ1) is 10.2. The predicted octanol–water partition coefficient (Wildman–Crippen LogP) is 3.91. The zero-order valence-corrected chi connectivity index (χ0v) is 13.5. The molecule has 0 saturated heterocycles. The van der Waals surface area contributed by atoms with E-state index >= 15 is 0 Å². The Morgan fingerprint density at radius 2 is 2.24 bits per heavy atom. The Morgan fingerprint density at radius 3 is 2.95 bits per heavy atom. The third-order valence-corrected chi connectivity index (χ3v) is 4.04. The average Bonchev–Trinajstić information content (AvgIpc) is 2.89. The molecule has 0 amide bonds. The number of carbonyl (C=O) groups excluding carboxylic acids is 1. The third kappa shape index (κ3) is 3.95. The number of rotatable bonds is 6. The Balaban J connectivity index is 2.29. The van der Waals surface area contributed by atoms with E-state index in [2.05, 4.69) is 4.98 Å². The quantitative estimate of drug-likeness (QED) is 0.459. The fourth-order valence-corrected chi connectivity index (χ4v) is 2.84. The Kier molecular flexibility index (Phi) is 5.59. The van der Waals surface area contributed by atoms with Crippen LogP contribution in [0.5, 0.6) is 5.75 Å². The van der Waals surface area contributed by atoms with E-state index in [0.29, 0.717) is 18.2 Å². The van der Waals surface area contributed by atoms with E-state index < -0.39 is 5.97 Å². The fourth-order valence-electron chi connectivity index (χ4n) is 1.83. The molecule has 0 bridgehead atoms. The molecule has 0 atom stereocenters. The van der Waals surface area contributed by atoms with Gasteiger partial charge in [-0.05, 0) is 31.0 Å². The summed E-state index contributed by atoms with van der Waals surface area (Å²) < 4.78 is 10.4. The fraction of sp³-hybridized carbons (Fsp3) is 0.333. The van der Waals surface area contributed by atoms with E-state index in [0.717, 1.165) is 27.6 Å². The van der Waals surface area contributed by atoms with Gasteiger partial charge in [-0.1, -0.05) is 12.1 Å². The summed E-state index contributed by atoms with van der Waals surface area (Å²) in [7, 11) is 1.35. The summed E-state index contributed by atoms with van der Waals surface area (Å²) in [5, 5.41) is 0.818. The minimum atomic E-state index is -0.428. The van der Waals surface area contributed by atoms with Crippen molar-refractivity contribution in [3.63, 3.8) is 0 Å². The van der Waals surface area contributed by atoms with Gasteiger partial charge in [-0.15, -0.1) is 22.9 Å². The number of alkyl halides is 1. The van der Waals surface area contributed by atoms with Gasteiger partial charge in [0.05, 0.1) is 23.6 Å². The van der Waals surface area contributed by atoms with Gasteiger partial charge in [-0.3, -0.25) is 0 Å². The van der Waals surface area contributed by atoms with Gasteiger partial charge in [-0.2, -0.15) is 0 Å². The molecule has 0 unspecified atom stereocenters. The number of thiazole rings is 1. The van der Waals surface area contributed by atoms with E-state index in [1.807, 2.05) is 31.2 Å². The second kappa shape index (κ2) is 7.43. The number of methoxy groups -OCH3 is 1. The largest absolute Gasteiger partial charge is 0.494 e. The van der Waals surface area contributed by atoms with Crippen molar-refractivity contribution in [2.24, 2.45) is 0 Å². The lowest BCUT2D eigenvalue weighted by atomic mass is 10.1. The van der Waals surface area contributed by atoms with E-state index in [1.54, 1.807) is 0 Å². The van der Waals surface area contributed by atoms with Crippen molar-refractivity contribution in [1.29, 1.82) is 0 Å². The molecule has 0 spiro atoms. The molecular formula is C15H16ClNO3S. The van der Waals surface area contributed by atoms with Crippen molar-refractivity contribution >= 4 is 28.9 Å². The van der Waals surface area contributed by atoms with Crippen molar-refractivity contribution in [1.82, 2.24) is 4.98 Å². The maximum Gasteiger partial charge on any atom is 0.358 e. The molecular weight excluding hydrogens is 310 g/mol. The SMILES string of the molecule is COC(=O)c1nc(C)sc1-c1cccc(OCCCCl)c1. The number of hydrogen-bond acceptors (Lipinski definition) is 5. The van der Waals surface area contributed by atoms with Gasteiger partial charge in [0, 0.05) is 5.88 Å². The maximum absolute atomic E-state index is 11.8. The van der Waals surface area contributed by atoms with E-state index in [9.17, 15) is 4.79 Å². The van der Waals surface area contributed by atoms with Crippen molar-refractivity contribution in [3.8, 4) is 16.2 Å². The number of carbonyl (C=O) groups is 1. The highest BCUT2D eigenvalue weighted by molar-refractivity contribution is 7.15. The van der Waals surface area contributed by atoms with Crippen LogP contribution < -0.4 is 4.74 Å². The Bertz CT molecular complexity index is 627. The first-order valence-corrected chi connectivity index (χ1v) is 7.85. The number of aryl methyl sites for hydroxylation is 1. The highest BCUT2D eigenvalue weighted by Gasteiger charge is 2.19. The molecule has 0 aliphatic rings. The molecule has 0 fully saturated rings. The smallest absolute Gasteiger partial charge is 0.358 e. The van der Waals surface area contributed by atoms with Crippen LogP contribution in [0.25, 0.3) is 10.4 Å². The average molecular weight is 326 g/mol. The lowest BCUT2D eigenvalue weighted by Crippen LogP contribution is -2.03. The van der Waals surface area contributed by atoms with Gasteiger partial charge in [0.25, 0.3) is 0 Å². The van der Waals surface area contributed by atoms with Gasteiger partial charge in [0.1, 0.15) is 5.75 Å². The standard InChI is InChI=1S/C15H16ClNO3S/c1-10-17-13(15(18)19-2)14(21-10)11-5-3-6-12(9-11)20-8-4-7-16/h3,5-6,9H,4,7-8H2,1-2H3. The molecule has 112 valence electrons. The van der Waals surface area contributed by atoms with E-state index in [4.69, 9.17) is 21.1 Å². The summed E-state index contributed by atoms with van der Waals surface area (Å²) in [6.45, 7) is 2.43. The lowest BCUT2D eigenvalue weighted by Gasteiger charge is -2.07. The molecule has 0 N–H and O–H groups in total. The molecule has 4 nitrogen and oxygen atoms in total. The Labute approximate surface area is 132 Å².